The van der Waals surface area contributed by atoms with Crippen LogP contribution in [0.2, 0.25) is 0 Å². The number of halogens is 1. The van der Waals surface area contributed by atoms with Gasteiger partial charge in [-0.2, -0.15) is 0 Å². The minimum absolute atomic E-state index is 0.0114. The molecule has 0 saturated heterocycles. The highest BCUT2D eigenvalue weighted by molar-refractivity contribution is 14.1. The van der Waals surface area contributed by atoms with Crippen LogP contribution in [-0.4, -0.2) is 39.3 Å². The molecular formula is C8H13IN2O4. The average Bonchev–Trinajstić information content (AvgIpc) is 2.11. The Bertz CT molecular complexity index is 269. The van der Waals surface area contributed by atoms with E-state index in [1.54, 1.807) is 22.6 Å². The summed E-state index contributed by atoms with van der Waals surface area (Å²) in [5.41, 5.74) is 5.27. The van der Waals surface area contributed by atoms with Gasteiger partial charge in [-0.3, -0.25) is 14.4 Å². The van der Waals surface area contributed by atoms with Crippen molar-refractivity contribution in [2.24, 2.45) is 5.73 Å². The number of nitrogens with one attached hydrogen (secondary N) is 1. The zero-order valence-electron chi connectivity index (χ0n) is 8.20. The van der Waals surface area contributed by atoms with Crippen LogP contribution >= 0.6 is 22.6 Å². The van der Waals surface area contributed by atoms with E-state index >= 15 is 0 Å². The van der Waals surface area contributed by atoms with Crippen molar-refractivity contribution in [2.45, 2.75) is 23.3 Å². The topological polar surface area (TPSA) is 109 Å². The second-order valence-electron chi connectivity index (χ2n) is 2.97. The van der Waals surface area contributed by atoms with Crippen molar-refractivity contribution in [1.82, 2.24) is 5.32 Å². The molecule has 0 aliphatic rings. The van der Waals surface area contributed by atoms with Gasteiger partial charge in [-0.05, 0) is 6.92 Å². The molecule has 0 spiro atoms. The summed E-state index contributed by atoms with van der Waals surface area (Å²) in [7, 11) is 0. The molecule has 0 rings (SSSR count). The van der Waals surface area contributed by atoms with Gasteiger partial charge in [0.15, 0.2) is 5.78 Å². The van der Waals surface area contributed by atoms with Crippen LogP contribution in [0.3, 0.4) is 0 Å². The maximum absolute atomic E-state index is 11.4. The van der Waals surface area contributed by atoms with E-state index in [0.717, 1.165) is 0 Å². The second-order valence-corrected chi connectivity index (χ2v) is 4.48. The Hall–Kier alpha value is -0.700. The van der Waals surface area contributed by atoms with E-state index in [2.05, 4.69) is 5.32 Å². The lowest BCUT2D eigenvalue weighted by molar-refractivity contribution is -0.138. The number of carboxylic acids is 1. The molecule has 0 fully saturated rings. The molecule has 1 unspecified atom stereocenters. The molecule has 0 aromatic carbocycles. The standard InChI is InChI=1S/C8H13IN2O4/c1-4(12)6(3-10)11-8(15)5(9)2-7(13)14/h5-6H,2-3,10H2,1H3,(H,11,15)(H,13,14)/t5?,6-/m0/s1. The van der Waals surface area contributed by atoms with E-state index in [0.29, 0.717) is 0 Å². The molecule has 0 bridgehead atoms. The number of nitrogens with two attached hydrogens (primary N) is 1. The summed E-state index contributed by atoms with van der Waals surface area (Å²) in [4.78, 5) is 32.6. The average molecular weight is 328 g/mol. The number of hydrogen-bond acceptors (Lipinski definition) is 4. The summed E-state index contributed by atoms with van der Waals surface area (Å²) in [6.45, 7) is 1.33. The summed E-state index contributed by atoms with van der Waals surface area (Å²) >= 11 is 1.71. The Balaban J connectivity index is 4.21. The molecule has 0 aromatic rings. The van der Waals surface area contributed by atoms with Crippen molar-refractivity contribution >= 4 is 40.3 Å². The maximum atomic E-state index is 11.4. The number of carboxylic acid groups (broad SMARTS) is 1. The highest BCUT2D eigenvalue weighted by Crippen LogP contribution is 2.06. The molecule has 7 heteroatoms. The summed E-state index contributed by atoms with van der Waals surface area (Å²) < 4.78 is -0.700. The Kier molecular flexibility index (Phi) is 6.41. The molecule has 0 aliphatic heterocycles. The Morgan fingerprint density at radius 2 is 2.00 bits per heavy atom. The minimum Gasteiger partial charge on any atom is -0.481 e. The fourth-order valence-corrected chi connectivity index (χ4v) is 1.39. The molecule has 2 atom stereocenters. The first-order chi connectivity index (χ1) is 6.88. The zero-order valence-corrected chi connectivity index (χ0v) is 10.4. The minimum atomic E-state index is -1.06. The molecule has 1 amide bonds. The number of alkyl halides is 1. The van der Waals surface area contributed by atoms with E-state index in [1.807, 2.05) is 0 Å². The second kappa shape index (κ2) is 6.72. The van der Waals surface area contributed by atoms with Crippen molar-refractivity contribution in [1.29, 1.82) is 0 Å². The van der Waals surface area contributed by atoms with Crippen LogP contribution in [0.4, 0.5) is 0 Å². The van der Waals surface area contributed by atoms with Crippen LogP contribution in [0, 0.1) is 0 Å². The van der Waals surface area contributed by atoms with Crippen LogP contribution in [0.1, 0.15) is 13.3 Å². The fourth-order valence-electron chi connectivity index (χ4n) is 0.835. The van der Waals surface area contributed by atoms with Crippen LogP contribution in [0.5, 0.6) is 0 Å². The number of amides is 1. The summed E-state index contributed by atoms with van der Waals surface area (Å²) in [6.07, 6.45) is -0.276. The van der Waals surface area contributed by atoms with Crippen LogP contribution in [0.25, 0.3) is 0 Å². The zero-order chi connectivity index (χ0) is 12.0. The number of carbonyl (C=O) groups excluding carboxylic acids is 2. The molecular weight excluding hydrogens is 315 g/mol. The van der Waals surface area contributed by atoms with E-state index in [1.165, 1.54) is 6.92 Å². The predicted molar refractivity (Wildman–Crippen MR) is 61.7 cm³/mol. The van der Waals surface area contributed by atoms with Crippen molar-refractivity contribution in [3.8, 4) is 0 Å². The lowest BCUT2D eigenvalue weighted by Crippen LogP contribution is -2.47. The number of ketones is 1. The number of aliphatic carboxylic acids is 1. The third kappa shape index (κ3) is 5.67. The van der Waals surface area contributed by atoms with E-state index in [4.69, 9.17) is 10.8 Å². The van der Waals surface area contributed by atoms with Crippen molar-refractivity contribution in [3.05, 3.63) is 0 Å². The summed E-state index contributed by atoms with van der Waals surface area (Å²) in [6, 6.07) is -0.733. The number of Topliss-reactive ketones (excluding diaryl/α,β-unsaturated/α-hetero) is 1. The molecule has 0 aliphatic carbocycles. The van der Waals surface area contributed by atoms with Crippen molar-refractivity contribution in [3.63, 3.8) is 0 Å². The lowest BCUT2D eigenvalue weighted by atomic mass is 10.2. The Morgan fingerprint density at radius 1 is 1.47 bits per heavy atom. The van der Waals surface area contributed by atoms with E-state index < -0.39 is 21.8 Å². The van der Waals surface area contributed by atoms with Crippen LogP contribution in [-0.2, 0) is 14.4 Å². The summed E-state index contributed by atoms with van der Waals surface area (Å²) in [5.74, 6) is -1.79. The first-order valence-electron chi connectivity index (χ1n) is 4.25. The fraction of sp³-hybridized carbons (Fsp3) is 0.625. The first-order valence-corrected chi connectivity index (χ1v) is 5.49. The quantitative estimate of drug-likeness (QED) is 0.441. The van der Waals surface area contributed by atoms with Gasteiger partial charge in [-0.25, -0.2) is 0 Å². The lowest BCUT2D eigenvalue weighted by Gasteiger charge is -2.15. The SMILES string of the molecule is CC(=O)[C@H](CN)NC(=O)C(I)CC(=O)O. The van der Waals surface area contributed by atoms with Gasteiger partial charge < -0.3 is 16.2 Å². The normalized spacial score (nSPS) is 14.1. The van der Waals surface area contributed by atoms with Gasteiger partial charge in [0.1, 0.15) is 3.92 Å². The van der Waals surface area contributed by atoms with Gasteiger partial charge in [0, 0.05) is 6.54 Å². The predicted octanol–water partition coefficient (Wildman–Crippen LogP) is -0.703. The van der Waals surface area contributed by atoms with E-state index in [9.17, 15) is 14.4 Å². The molecule has 86 valence electrons. The Morgan fingerprint density at radius 3 is 2.33 bits per heavy atom. The highest BCUT2D eigenvalue weighted by atomic mass is 127. The Labute approximate surface area is 101 Å². The molecule has 0 aromatic heterocycles. The molecule has 4 N–H and O–H groups in total. The van der Waals surface area contributed by atoms with Gasteiger partial charge in [-0.1, -0.05) is 22.6 Å². The van der Waals surface area contributed by atoms with Crippen molar-refractivity contribution < 1.29 is 19.5 Å². The number of rotatable bonds is 6. The molecule has 0 radical (unpaired) electrons. The van der Waals surface area contributed by atoms with Crippen molar-refractivity contribution in [2.75, 3.05) is 6.54 Å². The number of hydrogen-bond donors (Lipinski definition) is 3. The molecule has 15 heavy (non-hydrogen) atoms. The van der Waals surface area contributed by atoms with Gasteiger partial charge >= 0.3 is 5.97 Å². The smallest absolute Gasteiger partial charge is 0.304 e. The third-order valence-corrected chi connectivity index (χ3v) is 2.69. The highest BCUT2D eigenvalue weighted by Gasteiger charge is 2.22. The van der Waals surface area contributed by atoms with Crippen LogP contribution < -0.4 is 11.1 Å². The third-order valence-electron chi connectivity index (χ3n) is 1.68. The molecule has 0 saturated carbocycles. The van der Waals surface area contributed by atoms with E-state index in [-0.39, 0.29) is 18.7 Å². The van der Waals surface area contributed by atoms with Crippen LogP contribution in [0.15, 0.2) is 0 Å². The largest absolute Gasteiger partial charge is 0.481 e. The summed E-state index contributed by atoms with van der Waals surface area (Å²) in [5, 5.41) is 10.8. The van der Waals surface area contributed by atoms with Gasteiger partial charge in [-0.15, -0.1) is 0 Å². The van der Waals surface area contributed by atoms with Gasteiger partial charge in [0.05, 0.1) is 12.5 Å². The molecule has 0 heterocycles. The monoisotopic (exact) mass is 328 g/mol. The first kappa shape index (κ1) is 14.3. The molecule has 6 nitrogen and oxygen atoms in total. The number of carbonyl (C=O) groups is 3. The van der Waals surface area contributed by atoms with Gasteiger partial charge in [0.2, 0.25) is 5.91 Å². The van der Waals surface area contributed by atoms with Gasteiger partial charge in [0.25, 0.3) is 0 Å². The maximum Gasteiger partial charge on any atom is 0.304 e.